The second kappa shape index (κ2) is 6.10. The van der Waals surface area contributed by atoms with E-state index in [9.17, 15) is 0 Å². The SMILES string of the molecule is CC(C)=C/C=C1\CCCC(C=C(C)C)=C1Cl. The van der Waals surface area contributed by atoms with Gasteiger partial charge in [-0.15, -0.1) is 0 Å². The summed E-state index contributed by atoms with van der Waals surface area (Å²) in [6.45, 7) is 8.44. The van der Waals surface area contributed by atoms with Crippen molar-refractivity contribution in [2.75, 3.05) is 0 Å². The highest BCUT2D eigenvalue weighted by Crippen LogP contribution is 2.33. The molecule has 0 aliphatic heterocycles. The van der Waals surface area contributed by atoms with E-state index in [2.05, 4.69) is 45.9 Å². The van der Waals surface area contributed by atoms with Crippen LogP contribution >= 0.6 is 11.6 Å². The van der Waals surface area contributed by atoms with Crippen LogP contribution in [0, 0.1) is 0 Å². The molecule has 0 fully saturated rings. The predicted octanol–water partition coefficient (Wildman–Crippen LogP) is 5.52. The first kappa shape index (κ1) is 13.3. The molecule has 0 saturated carbocycles. The quantitative estimate of drug-likeness (QED) is 0.592. The standard InChI is InChI=1S/C15H21Cl/c1-11(2)8-9-13-6-5-7-14(15(13)16)10-12(3)4/h8-10H,5-7H2,1-4H3/b13-9+. The zero-order chi connectivity index (χ0) is 12.1. The van der Waals surface area contributed by atoms with Gasteiger partial charge in [-0.1, -0.05) is 41.0 Å². The molecule has 1 aliphatic rings. The van der Waals surface area contributed by atoms with Crippen LogP contribution < -0.4 is 0 Å². The van der Waals surface area contributed by atoms with Gasteiger partial charge in [-0.05, 0) is 58.1 Å². The van der Waals surface area contributed by atoms with Crippen molar-refractivity contribution >= 4 is 11.6 Å². The highest BCUT2D eigenvalue weighted by molar-refractivity contribution is 6.32. The van der Waals surface area contributed by atoms with Crippen LogP contribution in [0.1, 0.15) is 47.0 Å². The molecule has 0 atom stereocenters. The average molecular weight is 237 g/mol. The van der Waals surface area contributed by atoms with E-state index in [1.54, 1.807) is 0 Å². The summed E-state index contributed by atoms with van der Waals surface area (Å²) in [6, 6.07) is 0. The first-order chi connectivity index (χ1) is 7.50. The van der Waals surface area contributed by atoms with E-state index in [1.807, 2.05) is 0 Å². The third-order valence-corrected chi connectivity index (χ3v) is 3.02. The number of hydrogen-bond donors (Lipinski definition) is 0. The fourth-order valence-electron chi connectivity index (χ4n) is 1.80. The number of allylic oxidation sites excluding steroid dienone is 8. The van der Waals surface area contributed by atoms with Gasteiger partial charge in [-0.25, -0.2) is 0 Å². The Morgan fingerprint density at radius 2 is 1.75 bits per heavy atom. The molecule has 0 nitrogen and oxygen atoms in total. The van der Waals surface area contributed by atoms with E-state index in [-0.39, 0.29) is 0 Å². The van der Waals surface area contributed by atoms with Crippen LogP contribution in [0.4, 0.5) is 0 Å². The van der Waals surface area contributed by atoms with Crippen molar-refractivity contribution in [1.29, 1.82) is 0 Å². The molecular formula is C15H21Cl. The molecular weight excluding hydrogens is 216 g/mol. The molecule has 0 radical (unpaired) electrons. The monoisotopic (exact) mass is 236 g/mol. The fourth-order valence-corrected chi connectivity index (χ4v) is 2.11. The van der Waals surface area contributed by atoms with Crippen molar-refractivity contribution in [3.63, 3.8) is 0 Å². The second-order valence-electron chi connectivity index (χ2n) is 4.85. The third-order valence-electron chi connectivity index (χ3n) is 2.54. The van der Waals surface area contributed by atoms with Crippen molar-refractivity contribution in [2.45, 2.75) is 47.0 Å². The minimum atomic E-state index is 0.963. The van der Waals surface area contributed by atoms with Gasteiger partial charge < -0.3 is 0 Å². The summed E-state index contributed by atoms with van der Waals surface area (Å²) in [5, 5.41) is 0.963. The van der Waals surface area contributed by atoms with Gasteiger partial charge >= 0.3 is 0 Å². The summed E-state index contributed by atoms with van der Waals surface area (Å²) in [5.41, 5.74) is 5.20. The topological polar surface area (TPSA) is 0 Å². The van der Waals surface area contributed by atoms with Gasteiger partial charge in [-0.3, -0.25) is 0 Å². The van der Waals surface area contributed by atoms with Gasteiger partial charge in [0.15, 0.2) is 0 Å². The summed E-state index contributed by atoms with van der Waals surface area (Å²) in [6.07, 6.45) is 9.92. The highest BCUT2D eigenvalue weighted by Gasteiger charge is 2.13. The Morgan fingerprint density at radius 3 is 2.31 bits per heavy atom. The van der Waals surface area contributed by atoms with Crippen molar-refractivity contribution < 1.29 is 0 Å². The van der Waals surface area contributed by atoms with Gasteiger partial charge in [0, 0.05) is 5.03 Å². The Kier molecular flexibility index (Phi) is 5.08. The van der Waals surface area contributed by atoms with Crippen LogP contribution in [0.25, 0.3) is 0 Å². The first-order valence-electron chi connectivity index (χ1n) is 5.88. The Morgan fingerprint density at radius 1 is 1.06 bits per heavy atom. The molecule has 1 heteroatoms. The number of hydrogen-bond acceptors (Lipinski definition) is 0. The molecule has 1 rings (SSSR count). The molecule has 0 N–H and O–H groups in total. The molecule has 16 heavy (non-hydrogen) atoms. The van der Waals surface area contributed by atoms with Crippen molar-refractivity contribution in [3.05, 3.63) is 45.6 Å². The molecule has 0 saturated heterocycles. The predicted molar refractivity (Wildman–Crippen MR) is 73.7 cm³/mol. The summed E-state index contributed by atoms with van der Waals surface area (Å²) in [5.74, 6) is 0. The Hall–Kier alpha value is -0.750. The van der Waals surface area contributed by atoms with Crippen molar-refractivity contribution in [1.82, 2.24) is 0 Å². The van der Waals surface area contributed by atoms with Gasteiger partial charge in [0.2, 0.25) is 0 Å². The highest BCUT2D eigenvalue weighted by atomic mass is 35.5. The molecule has 1 aliphatic carbocycles. The molecule has 0 heterocycles. The second-order valence-corrected chi connectivity index (χ2v) is 5.23. The summed E-state index contributed by atoms with van der Waals surface area (Å²) in [4.78, 5) is 0. The zero-order valence-corrected chi connectivity index (χ0v) is 11.5. The van der Waals surface area contributed by atoms with E-state index in [0.29, 0.717) is 0 Å². The maximum atomic E-state index is 6.41. The van der Waals surface area contributed by atoms with E-state index >= 15 is 0 Å². The molecule has 0 aromatic carbocycles. The van der Waals surface area contributed by atoms with Gasteiger partial charge in [0.25, 0.3) is 0 Å². The van der Waals surface area contributed by atoms with Crippen molar-refractivity contribution in [3.8, 4) is 0 Å². The largest absolute Gasteiger partial charge is 0.0837 e. The molecule has 0 amide bonds. The Balaban J connectivity index is 3.02. The first-order valence-corrected chi connectivity index (χ1v) is 6.26. The maximum absolute atomic E-state index is 6.41. The van der Waals surface area contributed by atoms with Crippen LogP contribution in [0.3, 0.4) is 0 Å². The summed E-state index contributed by atoms with van der Waals surface area (Å²) in [7, 11) is 0. The normalized spacial score (nSPS) is 18.7. The molecule has 88 valence electrons. The van der Waals surface area contributed by atoms with E-state index in [4.69, 9.17) is 11.6 Å². The lowest BCUT2D eigenvalue weighted by atomic mass is 9.93. The summed E-state index contributed by atoms with van der Waals surface area (Å²) < 4.78 is 0. The van der Waals surface area contributed by atoms with E-state index < -0.39 is 0 Å². The van der Waals surface area contributed by atoms with Crippen LogP contribution in [-0.4, -0.2) is 0 Å². The smallest absolute Gasteiger partial charge is 0.0469 e. The lowest BCUT2D eigenvalue weighted by Crippen LogP contribution is -1.98. The Bertz CT molecular complexity index is 370. The number of rotatable bonds is 2. The molecule has 0 bridgehead atoms. The van der Waals surface area contributed by atoms with Crippen LogP contribution in [-0.2, 0) is 0 Å². The van der Waals surface area contributed by atoms with Gasteiger partial charge in [0.05, 0.1) is 0 Å². The number of halogens is 1. The lowest BCUT2D eigenvalue weighted by Gasteiger charge is -2.17. The lowest BCUT2D eigenvalue weighted by molar-refractivity contribution is 0.790. The van der Waals surface area contributed by atoms with Crippen LogP contribution in [0.2, 0.25) is 0 Å². The zero-order valence-electron chi connectivity index (χ0n) is 10.7. The Labute approximate surface area is 104 Å². The third kappa shape index (κ3) is 4.02. The molecule has 0 unspecified atom stereocenters. The van der Waals surface area contributed by atoms with Gasteiger partial charge in [0.1, 0.15) is 0 Å². The van der Waals surface area contributed by atoms with E-state index in [1.165, 1.54) is 28.7 Å². The van der Waals surface area contributed by atoms with Gasteiger partial charge in [-0.2, -0.15) is 0 Å². The van der Waals surface area contributed by atoms with Crippen LogP contribution in [0.15, 0.2) is 45.6 Å². The fraction of sp³-hybridized carbons (Fsp3) is 0.467. The van der Waals surface area contributed by atoms with Crippen LogP contribution in [0.5, 0.6) is 0 Å². The molecule has 0 spiro atoms. The molecule has 0 aromatic rings. The maximum Gasteiger partial charge on any atom is 0.0469 e. The minimum Gasteiger partial charge on any atom is -0.0837 e. The summed E-state index contributed by atoms with van der Waals surface area (Å²) >= 11 is 6.41. The minimum absolute atomic E-state index is 0.963. The van der Waals surface area contributed by atoms with E-state index in [0.717, 1.165) is 17.9 Å². The average Bonchev–Trinajstić information content (AvgIpc) is 2.18. The molecule has 0 aromatic heterocycles. The van der Waals surface area contributed by atoms with Crippen molar-refractivity contribution in [2.24, 2.45) is 0 Å².